The number of para-hydroxylation sites is 1. The van der Waals surface area contributed by atoms with Crippen LogP contribution in [0.4, 0.5) is 10.1 Å². The summed E-state index contributed by atoms with van der Waals surface area (Å²) in [6.07, 6.45) is 1.98. The van der Waals surface area contributed by atoms with Gasteiger partial charge in [-0.3, -0.25) is 0 Å². The van der Waals surface area contributed by atoms with Gasteiger partial charge < -0.3 is 0 Å². The number of rotatable bonds is 6. The molecule has 3 aromatic rings. The van der Waals surface area contributed by atoms with Crippen LogP contribution in [0.25, 0.3) is 0 Å². The molecule has 0 saturated heterocycles. The number of benzene rings is 3. The average Bonchev–Trinajstić information content (AvgIpc) is 2.68. The molecule has 0 amide bonds. The molecule has 26 heavy (non-hydrogen) atoms. The Bertz CT molecular complexity index is 877. The lowest BCUT2D eigenvalue weighted by Gasteiger charge is -2.03. The number of hydrogen-bond donors (Lipinski definition) is 0. The van der Waals surface area contributed by atoms with Gasteiger partial charge in [0.2, 0.25) is 0 Å². The van der Waals surface area contributed by atoms with Gasteiger partial charge in [0, 0.05) is 10.6 Å². The van der Waals surface area contributed by atoms with Gasteiger partial charge in [-0.15, -0.1) is 11.8 Å². The van der Waals surface area contributed by atoms with E-state index in [0.717, 1.165) is 21.4 Å². The predicted octanol–water partition coefficient (Wildman–Crippen LogP) is 7.10. The smallest absolute Gasteiger partial charge is 0.124 e. The van der Waals surface area contributed by atoms with Crippen molar-refractivity contribution in [3.05, 3.63) is 108 Å². The van der Waals surface area contributed by atoms with Gasteiger partial charge in [-0.25, -0.2) is 9.38 Å². The lowest BCUT2D eigenvalue weighted by atomic mass is 10.2. The van der Waals surface area contributed by atoms with Crippen molar-refractivity contribution in [2.24, 2.45) is 4.99 Å². The van der Waals surface area contributed by atoms with E-state index >= 15 is 0 Å². The van der Waals surface area contributed by atoms with Crippen LogP contribution in [0.2, 0.25) is 0 Å². The molecule has 0 aliphatic heterocycles. The van der Waals surface area contributed by atoms with Gasteiger partial charge in [-0.2, -0.15) is 0 Å². The maximum Gasteiger partial charge on any atom is 0.124 e. The molecule has 1 nitrogen and oxygen atoms in total. The van der Waals surface area contributed by atoms with Gasteiger partial charge in [0.25, 0.3) is 0 Å². The Balaban J connectivity index is 1.71. The molecular weight excluding hydrogens is 361 g/mol. The highest BCUT2D eigenvalue weighted by molar-refractivity contribution is 8.13. The summed E-state index contributed by atoms with van der Waals surface area (Å²) in [6, 6.07) is 26.8. The minimum absolute atomic E-state index is 0.222. The monoisotopic (exact) mass is 379 g/mol. The summed E-state index contributed by atoms with van der Waals surface area (Å²) in [6.45, 7) is 0. The topological polar surface area (TPSA) is 12.4 Å². The Morgan fingerprint density at radius 3 is 2.35 bits per heavy atom. The van der Waals surface area contributed by atoms with E-state index in [1.807, 2.05) is 66.1 Å². The summed E-state index contributed by atoms with van der Waals surface area (Å²) >= 11 is 3.16. The molecule has 0 unspecified atom stereocenters. The van der Waals surface area contributed by atoms with Crippen LogP contribution in [0.3, 0.4) is 0 Å². The first-order chi connectivity index (χ1) is 12.8. The van der Waals surface area contributed by atoms with E-state index in [2.05, 4.69) is 12.1 Å². The van der Waals surface area contributed by atoms with Crippen molar-refractivity contribution in [1.29, 1.82) is 0 Å². The first-order valence-corrected chi connectivity index (χ1v) is 10.1. The fourth-order valence-electron chi connectivity index (χ4n) is 2.19. The molecule has 0 spiro atoms. The van der Waals surface area contributed by atoms with Gasteiger partial charge in [0.15, 0.2) is 0 Å². The van der Waals surface area contributed by atoms with Gasteiger partial charge in [-0.1, -0.05) is 66.4 Å². The molecule has 130 valence electrons. The Morgan fingerprint density at radius 1 is 0.885 bits per heavy atom. The predicted molar refractivity (Wildman–Crippen MR) is 113 cm³/mol. The van der Waals surface area contributed by atoms with Crippen LogP contribution in [-0.2, 0) is 5.75 Å². The highest BCUT2D eigenvalue weighted by atomic mass is 32.2. The van der Waals surface area contributed by atoms with E-state index in [9.17, 15) is 4.39 Å². The Morgan fingerprint density at radius 2 is 1.62 bits per heavy atom. The van der Waals surface area contributed by atoms with Crippen molar-refractivity contribution < 1.29 is 4.39 Å². The van der Waals surface area contributed by atoms with Crippen LogP contribution in [0.5, 0.6) is 0 Å². The van der Waals surface area contributed by atoms with Gasteiger partial charge in [0.1, 0.15) is 5.82 Å². The minimum Gasteiger partial charge on any atom is -0.242 e. The van der Waals surface area contributed by atoms with E-state index < -0.39 is 0 Å². The first-order valence-electron chi connectivity index (χ1n) is 8.19. The summed E-state index contributed by atoms with van der Waals surface area (Å²) in [5.41, 5.74) is 2.17. The highest BCUT2D eigenvalue weighted by Gasteiger charge is 2.00. The molecule has 0 aliphatic rings. The molecule has 0 aromatic heterocycles. The molecule has 0 N–H and O–H groups in total. The lowest BCUT2D eigenvalue weighted by molar-refractivity contribution is 0.624. The molecule has 0 bridgehead atoms. The first kappa shape index (κ1) is 18.5. The Hall–Kier alpha value is -2.30. The maximum atomic E-state index is 13.3. The van der Waals surface area contributed by atoms with Crippen molar-refractivity contribution in [2.75, 3.05) is 0 Å². The van der Waals surface area contributed by atoms with Crippen molar-refractivity contribution in [3.8, 4) is 0 Å². The molecule has 3 aromatic carbocycles. The quantitative estimate of drug-likeness (QED) is 0.257. The zero-order chi connectivity index (χ0) is 18.0. The third-order valence-electron chi connectivity index (χ3n) is 3.44. The van der Waals surface area contributed by atoms with Gasteiger partial charge >= 0.3 is 0 Å². The summed E-state index contributed by atoms with van der Waals surface area (Å²) in [5.74, 6) is 0.626. The lowest BCUT2D eigenvalue weighted by Crippen LogP contribution is -1.89. The number of nitrogens with zero attached hydrogens (tertiary/aromatic N) is 1. The van der Waals surface area contributed by atoms with Crippen LogP contribution in [-0.4, -0.2) is 5.04 Å². The van der Waals surface area contributed by atoms with Crippen molar-refractivity contribution in [1.82, 2.24) is 0 Å². The Labute approximate surface area is 162 Å². The molecule has 0 radical (unpaired) electrons. The minimum atomic E-state index is -0.222. The normalized spacial score (nSPS) is 11.8. The van der Waals surface area contributed by atoms with Crippen LogP contribution < -0.4 is 0 Å². The second-order valence-corrected chi connectivity index (χ2v) is 7.41. The van der Waals surface area contributed by atoms with E-state index in [1.165, 1.54) is 29.5 Å². The molecule has 3 rings (SSSR count). The molecule has 0 heterocycles. The third-order valence-corrected chi connectivity index (χ3v) is 5.23. The van der Waals surface area contributed by atoms with E-state index in [4.69, 9.17) is 4.99 Å². The molecular formula is C22H18FNS2. The molecule has 0 aliphatic carbocycles. The second-order valence-electron chi connectivity index (χ2n) is 5.44. The fraction of sp³-hybridized carbons (Fsp3) is 0.0455. The molecule has 0 fully saturated rings. The van der Waals surface area contributed by atoms with Gasteiger partial charge in [0.05, 0.1) is 10.7 Å². The number of halogens is 1. The van der Waals surface area contributed by atoms with Crippen LogP contribution in [0, 0.1) is 5.82 Å². The zero-order valence-corrected chi connectivity index (χ0v) is 15.7. The van der Waals surface area contributed by atoms with E-state index in [1.54, 1.807) is 17.8 Å². The summed E-state index contributed by atoms with van der Waals surface area (Å²) in [5, 5.41) is 2.87. The number of hydrogen-bond acceptors (Lipinski definition) is 3. The average molecular weight is 380 g/mol. The summed E-state index contributed by atoms with van der Waals surface area (Å²) in [7, 11) is 0. The van der Waals surface area contributed by atoms with Crippen molar-refractivity contribution in [3.63, 3.8) is 0 Å². The number of aliphatic imine (C=N–C) groups is 1. The summed E-state index contributed by atoms with van der Waals surface area (Å²) < 4.78 is 13.3. The molecule has 0 saturated carbocycles. The van der Waals surface area contributed by atoms with E-state index in [-0.39, 0.29) is 5.82 Å². The van der Waals surface area contributed by atoms with E-state index in [0.29, 0.717) is 0 Å². The van der Waals surface area contributed by atoms with Crippen LogP contribution in [0.15, 0.2) is 106 Å². The number of thioether (sulfide) groups is 2. The third kappa shape index (κ3) is 6.21. The molecule has 4 heteroatoms. The highest BCUT2D eigenvalue weighted by Crippen LogP contribution is 2.23. The van der Waals surface area contributed by atoms with Gasteiger partial charge in [-0.05, 0) is 47.4 Å². The molecule has 0 atom stereocenters. The Kier molecular flexibility index (Phi) is 7.11. The zero-order valence-electron chi connectivity index (χ0n) is 14.1. The fourth-order valence-corrected chi connectivity index (χ4v) is 3.81. The summed E-state index contributed by atoms with van der Waals surface area (Å²) in [4.78, 5) is 5.60. The standard InChI is InChI=1S/C22H18FNS2/c23-19-10-7-13-21(16-19)25-15-14-22(24-20-11-5-2-6-12-20)26-17-18-8-3-1-4-9-18/h1-16H,17H2. The van der Waals surface area contributed by atoms with Crippen LogP contribution >= 0.6 is 23.5 Å². The maximum absolute atomic E-state index is 13.3. The van der Waals surface area contributed by atoms with Crippen molar-refractivity contribution in [2.45, 2.75) is 10.6 Å². The second kappa shape index (κ2) is 10.00. The van der Waals surface area contributed by atoms with Crippen LogP contribution in [0.1, 0.15) is 5.56 Å². The van der Waals surface area contributed by atoms with Crippen molar-refractivity contribution >= 4 is 34.3 Å². The largest absolute Gasteiger partial charge is 0.242 e. The SMILES string of the molecule is Fc1cccc(SC=CC(=Nc2ccccc2)SCc2ccccc2)c1.